The van der Waals surface area contributed by atoms with Crippen LogP contribution < -0.4 is 4.74 Å². The quantitative estimate of drug-likeness (QED) is 0.897. The maximum absolute atomic E-state index is 12.5. The van der Waals surface area contributed by atoms with Crippen LogP contribution in [0.1, 0.15) is 22.8 Å². The smallest absolute Gasteiger partial charge is 0.478 e. The molecule has 0 bridgehead atoms. The normalized spacial score (nSPS) is 17.2. The first-order chi connectivity index (χ1) is 10.8. The van der Waals surface area contributed by atoms with Crippen LogP contribution in [0.15, 0.2) is 18.2 Å². The standard InChI is InChI=1S/C15H19F3N2O3/c1-2-19-6-8-20(9-7-19)10-12-11(14(21)22)4-3-5-13(12)23-15(16,17)18/h3-5H,2,6-10H2,1H3,(H,21,22). The first kappa shape index (κ1) is 17.6. The van der Waals surface area contributed by atoms with Crippen LogP contribution in [0.5, 0.6) is 5.75 Å². The van der Waals surface area contributed by atoms with E-state index >= 15 is 0 Å². The third-order valence-electron chi connectivity index (χ3n) is 3.88. The molecule has 1 N–H and O–H groups in total. The van der Waals surface area contributed by atoms with Crippen molar-refractivity contribution in [3.05, 3.63) is 29.3 Å². The van der Waals surface area contributed by atoms with Gasteiger partial charge < -0.3 is 14.7 Å². The molecular weight excluding hydrogens is 313 g/mol. The van der Waals surface area contributed by atoms with E-state index in [1.165, 1.54) is 12.1 Å². The van der Waals surface area contributed by atoms with Gasteiger partial charge in [-0.2, -0.15) is 0 Å². The molecule has 1 aromatic carbocycles. The number of ether oxygens (including phenoxy) is 1. The van der Waals surface area contributed by atoms with Crippen molar-refractivity contribution < 1.29 is 27.8 Å². The number of rotatable bonds is 5. The van der Waals surface area contributed by atoms with Gasteiger partial charge in [-0.15, -0.1) is 13.2 Å². The molecule has 0 spiro atoms. The van der Waals surface area contributed by atoms with Crippen LogP contribution in [-0.2, 0) is 6.54 Å². The van der Waals surface area contributed by atoms with Gasteiger partial charge in [-0.25, -0.2) is 4.79 Å². The number of carboxylic acids is 1. The fourth-order valence-electron chi connectivity index (χ4n) is 2.64. The Hall–Kier alpha value is -1.80. The Labute approximate surface area is 132 Å². The molecular formula is C15H19F3N2O3. The van der Waals surface area contributed by atoms with Gasteiger partial charge in [0.25, 0.3) is 0 Å². The molecule has 1 heterocycles. The number of nitrogens with zero attached hydrogens (tertiary/aromatic N) is 2. The molecule has 0 amide bonds. The third-order valence-corrected chi connectivity index (χ3v) is 3.88. The minimum atomic E-state index is -4.85. The van der Waals surface area contributed by atoms with Crippen LogP contribution in [0.4, 0.5) is 13.2 Å². The van der Waals surface area contributed by atoms with Gasteiger partial charge in [0.1, 0.15) is 5.75 Å². The van der Waals surface area contributed by atoms with Crippen LogP contribution in [0.2, 0.25) is 0 Å². The van der Waals surface area contributed by atoms with E-state index in [4.69, 9.17) is 0 Å². The lowest BCUT2D eigenvalue weighted by Crippen LogP contribution is -2.45. The van der Waals surface area contributed by atoms with Crippen molar-refractivity contribution in [1.29, 1.82) is 0 Å². The fraction of sp³-hybridized carbons (Fsp3) is 0.533. The summed E-state index contributed by atoms with van der Waals surface area (Å²) in [6, 6.07) is 3.70. The lowest BCUT2D eigenvalue weighted by atomic mass is 10.1. The molecule has 0 atom stereocenters. The van der Waals surface area contributed by atoms with Gasteiger partial charge in [0.2, 0.25) is 0 Å². The summed E-state index contributed by atoms with van der Waals surface area (Å²) in [7, 11) is 0. The van der Waals surface area contributed by atoms with Crippen LogP contribution in [-0.4, -0.2) is 60.0 Å². The molecule has 0 unspecified atom stereocenters. The largest absolute Gasteiger partial charge is 0.573 e. The summed E-state index contributed by atoms with van der Waals surface area (Å²) in [5.41, 5.74) is -0.105. The number of hydrogen-bond donors (Lipinski definition) is 1. The Morgan fingerprint density at radius 2 is 1.83 bits per heavy atom. The lowest BCUT2D eigenvalue weighted by Gasteiger charge is -2.34. The number of carbonyl (C=O) groups is 1. The molecule has 1 fully saturated rings. The van der Waals surface area contributed by atoms with E-state index < -0.39 is 18.1 Å². The number of halogens is 3. The van der Waals surface area contributed by atoms with Crippen molar-refractivity contribution in [2.45, 2.75) is 19.8 Å². The van der Waals surface area contributed by atoms with E-state index in [0.29, 0.717) is 13.1 Å². The molecule has 1 aromatic rings. The first-order valence-corrected chi connectivity index (χ1v) is 7.35. The second-order valence-electron chi connectivity index (χ2n) is 5.35. The average Bonchev–Trinajstić information content (AvgIpc) is 2.48. The molecule has 128 valence electrons. The maximum atomic E-state index is 12.5. The molecule has 1 aliphatic rings. The average molecular weight is 332 g/mol. The highest BCUT2D eigenvalue weighted by molar-refractivity contribution is 5.90. The van der Waals surface area contributed by atoms with Crippen molar-refractivity contribution in [3.8, 4) is 5.75 Å². The number of benzene rings is 1. The topological polar surface area (TPSA) is 53.0 Å². The summed E-state index contributed by atoms with van der Waals surface area (Å²) in [4.78, 5) is 15.5. The molecule has 0 aromatic heterocycles. The highest BCUT2D eigenvalue weighted by Crippen LogP contribution is 2.30. The molecule has 0 radical (unpaired) electrons. The first-order valence-electron chi connectivity index (χ1n) is 7.35. The number of likely N-dealkylation sites (N-methyl/N-ethyl adjacent to an activating group) is 1. The molecule has 5 nitrogen and oxygen atoms in total. The van der Waals surface area contributed by atoms with Crippen LogP contribution >= 0.6 is 0 Å². The van der Waals surface area contributed by atoms with Gasteiger partial charge in [0.05, 0.1) is 5.56 Å². The van der Waals surface area contributed by atoms with Crippen LogP contribution in [0.3, 0.4) is 0 Å². The molecule has 1 aliphatic heterocycles. The Balaban J connectivity index is 2.22. The van der Waals surface area contributed by atoms with E-state index in [-0.39, 0.29) is 17.7 Å². The number of alkyl halides is 3. The van der Waals surface area contributed by atoms with Crippen LogP contribution in [0.25, 0.3) is 0 Å². The predicted molar refractivity (Wildman–Crippen MR) is 77.5 cm³/mol. The second kappa shape index (κ2) is 7.18. The fourth-order valence-corrected chi connectivity index (χ4v) is 2.64. The number of hydrogen-bond acceptors (Lipinski definition) is 4. The van der Waals surface area contributed by atoms with E-state index in [0.717, 1.165) is 25.7 Å². The van der Waals surface area contributed by atoms with Crippen molar-refractivity contribution >= 4 is 5.97 Å². The monoisotopic (exact) mass is 332 g/mol. The molecule has 0 saturated carbocycles. The molecule has 0 aliphatic carbocycles. The highest BCUT2D eigenvalue weighted by Gasteiger charge is 2.33. The summed E-state index contributed by atoms with van der Waals surface area (Å²) in [6.45, 7) is 6.04. The van der Waals surface area contributed by atoms with E-state index in [1.54, 1.807) is 0 Å². The Kier molecular flexibility index (Phi) is 5.48. The van der Waals surface area contributed by atoms with Gasteiger partial charge in [-0.1, -0.05) is 13.0 Å². The molecule has 2 rings (SSSR count). The SMILES string of the molecule is CCN1CCN(Cc2c(OC(F)(F)F)cccc2C(=O)O)CC1. The zero-order valence-electron chi connectivity index (χ0n) is 12.8. The number of carboxylic acid groups (broad SMARTS) is 1. The zero-order chi connectivity index (χ0) is 17.0. The highest BCUT2D eigenvalue weighted by atomic mass is 19.4. The Morgan fingerprint density at radius 1 is 1.22 bits per heavy atom. The molecule has 1 saturated heterocycles. The van der Waals surface area contributed by atoms with Crippen LogP contribution in [0, 0.1) is 0 Å². The van der Waals surface area contributed by atoms with Crippen molar-refractivity contribution in [3.63, 3.8) is 0 Å². The lowest BCUT2D eigenvalue weighted by molar-refractivity contribution is -0.275. The Bertz CT molecular complexity index is 555. The van der Waals surface area contributed by atoms with E-state index in [9.17, 15) is 23.1 Å². The maximum Gasteiger partial charge on any atom is 0.573 e. The zero-order valence-corrected chi connectivity index (χ0v) is 12.8. The third kappa shape index (κ3) is 4.84. The summed E-state index contributed by atoms with van der Waals surface area (Å²) >= 11 is 0. The van der Waals surface area contributed by atoms with E-state index in [2.05, 4.69) is 9.64 Å². The van der Waals surface area contributed by atoms with Crippen molar-refractivity contribution in [2.24, 2.45) is 0 Å². The van der Waals surface area contributed by atoms with Crippen molar-refractivity contribution in [2.75, 3.05) is 32.7 Å². The summed E-state index contributed by atoms with van der Waals surface area (Å²) < 4.78 is 41.6. The summed E-state index contributed by atoms with van der Waals surface area (Å²) in [6.07, 6.45) is -4.85. The minimum absolute atomic E-state index is 0.0577. The van der Waals surface area contributed by atoms with E-state index in [1.807, 2.05) is 11.8 Å². The number of aromatic carboxylic acids is 1. The van der Waals surface area contributed by atoms with Gasteiger partial charge in [0, 0.05) is 38.3 Å². The summed E-state index contributed by atoms with van der Waals surface area (Å²) in [5.74, 6) is -1.71. The van der Waals surface area contributed by atoms with Gasteiger partial charge in [0.15, 0.2) is 0 Å². The van der Waals surface area contributed by atoms with Gasteiger partial charge >= 0.3 is 12.3 Å². The summed E-state index contributed by atoms with van der Waals surface area (Å²) in [5, 5.41) is 9.23. The second-order valence-corrected chi connectivity index (χ2v) is 5.35. The van der Waals surface area contributed by atoms with Gasteiger partial charge in [-0.3, -0.25) is 4.90 Å². The predicted octanol–water partition coefficient (Wildman–Crippen LogP) is 2.42. The molecule has 23 heavy (non-hydrogen) atoms. The van der Waals surface area contributed by atoms with Gasteiger partial charge in [-0.05, 0) is 18.7 Å². The molecule has 8 heteroatoms. The van der Waals surface area contributed by atoms with Crippen molar-refractivity contribution in [1.82, 2.24) is 9.80 Å². The Morgan fingerprint density at radius 3 is 2.35 bits per heavy atom. The number of piperazine rings is 1. The minimum Gasteiger partial charge on any atom is -0.478 e.